The first kappa shape index (κ1) is 44.0. The Balaban J connectivity index is 0. The molecule has 18 nitrogen and oxygen atoms in total. The van der Waals surface area contributed by atoms with Crippen molar-refractivity contribution in [3.63, 3.8) is 0 Å². The SMILES string of the molecule is NCCCCCC(=O)NCC#Cc1cn([C@H]2CC[C@@H](COP(=O)([O-])OP(=O)([O-])OP(=O)([O-])O)O2)c(=O)[nH]c1=O.[Li+].[Li+].[Li+]. The Morgan fingerprint density at radius 3 is 2.40 bits per heavy atom. The van der Waals surface area contributed by atoms with Crippen LogP contribution in [0.15, 0.2) is 15.8 Å². The van der Waals surface area contributed by atoms with Crippen LogP contribution in [-0.2, 0) is 36.4 Å². The Morgan fingerprint density at radius 1 is 1.12 bits per heavy atom. The topological polar surface area (TPSA) is 288 Å². The minimum atomic E-state index is -6.04. The van der Waals surface area contributed by atoms with Crippen LogP contribution >= 0.6 is 23.5 Å². The van der Waals surface area contributed by atoms with Crippen LogP contribution in [0.5, 0.6) is 0 Å². The zero-order chi connectivity index (χ0) is 29.3. The quantitative estimate of drug-likeness (QED) is 0.0638. The van der Waals surface area contributed by atoms with Gasteiger partial charge in [-0.2, -0.15) is 0 Å². The molecule has 0 spiro atoms. The van der Waals surface area contributed by atoms with E-state index in [4.69, 9.17) is 15.4 Å². The summed E-state index contributed by atoms with van der Waals surface area (Å²) in [5.41, 5.74) is 3.64. The van der Waals surface area contributed by atoms with Gasteiger partial charge in [0.2, 0.25) is 5.91 Å². The van der Waals surface area contributed by atoms with Crippen molar-refractivity contribution in [3.05, 3.63) is 32.6 Å². The Hall–Kier alpha value is -0.168. The number of aromatic amines is 1. The van der Waals surface area contributed by atoms with Crippen LogP contribution in [0.3, 0.4) is 0 Å². The molecule has 0 aliphatic carbocycles. The average molecular weight is 636 g/mol. The van der Waals surface area contributed by atoms with Crippen molar-refractivity contribution in [2.75, 3.05) is 19.7 Å². The molecule has 1 amide bonds. The van der Waals surface area contributed by atoms with Gasteiger partial charge in [0, 0.05) is 12.6 Å². The number of hydrogen-bond donors (Lipinski definition) is 4. The number of nitrogens with two attached hydrogens (primary N) is 1. The zero-order valence-electron chi connectivity index (χ0n) is 23.2. The second-order valence-electron chi connectivity index (χ2n) is 8.00. The van der Waals surface area contributed by atoms with Gasteiger partial charge in [0.25, 0.3) is 29.0 Å². The van der Waals surface area contributed by atoms with Crippen LogP contribution in [-0.4, -0.2) is 46.2 Å². The number of nitrogens with zero attached hydrogens (tertiary/aromatic N) is 1. The second kappa shape index (κ2) is 20.1. The van der Waals surface area contributed by atoms with Crippen molar-refractivity contribution in [1.29, 1.82) is 0 Å². The summed E-state index contributed by atoms with van der Waals surface area (Å²) in [5.74, 6) is 4.93. The van der Waals surface area contributed by atoms with Crippen LogP contribution in [0.4, 0.5) is 0 Å². The summed E-state index contributed by atoms with van der Waals surface area (Å²) < 4.78 is 51.0. The van der Waals surface area contributed by atoms with Crippen molar-refractivity contribution in [2.45, 2.75) is 50.9 Å². The van der Waals surface area contributed by atoms with E-state index in [0.29, 0.717) is 19.4 Å². The average Bonchev–Trinajstić information content (AvgIpc) is 3.26. The Kier molecular flexibility index (Phi) is 21.0. The van der Waals surface area contributed by atoms with Gasteiger partial charge >= 0.3 is 62.3 Å². The van der Waals surface area contributed by atoms with Crippen LogP contribution in [0, 0.1) is 11.8 Å². The third kappa shape index (κ3) is 16.8. The molecule has 5 atom stereocenters. The van der Waals surface area contributed by atoms with Crippen molar-refractivity contribution in [2.24, 2.45) is 5.73 Å². The number of phosphoric acid groups is 3. The number of ether oxygens (including phenoxy) is 1. The fourth-order valence-corrected chi connectivity index (χ4v) is 6.16. The molecule has 1 aliphatic rings. The molecule has 24 heteroatoms. The van der Waals surface area contributed by atoms with Crippen LogP contribution in [0.1, 0.15) is 50.3 Å². The fourth-order valence-electron chi connectivity index (χ4n) is 3.24. The molecule has 2 heterocycles. The van der Waals surface area contributed by atoms with Crippen LogP contribution < -0.4 is 93.6 Å². The number of carbonyl (C=O) groups is 1. The number of rotatable bonds is 14. The van der Waals surface area contributed by atoms with Crippen LogP contribution in [0.2, 0.25) is 0 Å². The molecule has 42 heavy (non-hydrogen) atoms. The molecular weight excluding hydrogens is 610 g/mol. The molecule has 3 unspecified atom stereocenters. The summed E-state index contributed by atoms with van der Waals surface area (Å²) >= 11 is 0. The molecule has 0 saturated carbocycles. The summed E-state index contributed by atoms with van der Waals surface area (Å²) in [6.45, 7) is -0.287. The normalized spacial score (nSPS) is 20.1. The molecule has 1 aromatic rings. The van der Waals surface area contributed by atoms with Gasteiger partial charge < -0.3 is 39.9 Å². The number of aromatic nitrogens is 2. The monoisotopic (exact) mass is 636 g/mol. The van der Waals surface area contributed by atoms with E-state index >= 15 is 0 Å². The number of nitrogens with one attached hydrogen (secondary N) is 2. The first-order valence-electron chi connectivity index (χ1n) is 11.3. The second-order valence-corrected chi connectivity index (χ2v) is 12.3. The molecule has 5 N–H and O–H groups in total. The summed E-state index contributed by atoms with van der Waals surface area (Å²) in [4.78, 5) is 80.0. The predicted octanol–water partition coefficient (Wildman–Crippen LogP) is -11.3. The van der Waals surface area contributed by atoms with Crippen molar-refractivity contribution in [3.8, 4) is 11.8 Å². The van der Waals surface area contributed by atoms with E-state index in [0.717, 1.165) is 23.6 Å². The van der Waals surface area contributed by atoms with Gasteiger partial charge in [-0.25, -0.2) is 13.4 Å². The number of carbonyl (C=O) groups excluding carboxylic acids is 1. The first-order valence-corrected chi connectivity index (χ1v) is 15.7. The Bertz CT molecular complexity index is 1340. The maximum absolute atomic E-state index is 12.3. The molecule has 1 aliphatic heterocycles. The van der Waals surface area contributed by atoms with Gasteiger partial charge in [-0.3, -0.25) is 32.8 Å². The van der Waals surface area contributed by atoms with Crippen molar-refractivity contribution in [1.82, 2.24) is 14.9 Å². The number of amides is 1. The summed E-state index contributed by atoms with van der Waals surface area (Å²) in [7, 11) is -17.6. The molecule has 0 bridgehead atoms. The summed E-state index contributed by atoms with van der Waals surface area (Å²) in [6.07, 6.45) is 2.02. The molecule has 0 radical (unpaired) electrons. The smallest absolute Gasteiger partial charge is 0.756 e. The molecule has 1 saturated heterocycles. The molecule has 220 valence electrons. The summed E-state index contributed by atoms with van der Waals surface area (Å²) in [5, 5.41) is 2.58. The maximum atomic E-state index is 12.3. The number of phosphoric ester groups is 1. The fraction of sp³-hybridized carbons (Fsp3) is 0.611. The number of H-pyrrole nitrogens is 1. The third-order valence-electron chi connectivity index (χ3n) is 4.89. The minimum absolute atomic E-state index is 0. The summed E-state index contributed by atoms with van der Waals surface area (Å²) in [6, 6.07) is 0. The van der Waals surface area contributed by atoms with E-state index in [2.05, 4.69) is 35.3 Å². The van der Waals surface area contributed by atoms with E-state index in [1.807, 2.05) is 0 Å². The van der Waals surface area contributed by atoms with Gasteiger partial charge in [-0.15, -0.1) is 0 Å². The van der Waals surface area contributed by atoms with E-state index in [1.54, 1.807) is 0 Å². The van der Waals surface area contributed by atoms with E-state index in [1.165, 1.54) is 0 Å². The zero-order valence-corrected chi connectivity index (χ0v) is 25.9. The first-order chi connectivity index (χ1) is 18.1. The molecule has 1 fully saturated rings. The predicted molar refractivity (Wildman–Crippen MR) is 125 cm³/mol. The van der Waals surface area contributed by atoms with Gasteiger partial charge in [-0.1, -0.05) is 18.3 Å². The molecule has 2 rings (SSSR count). The van der Waals surface area contributed by atoms with Crippen molar-refractivity contribution < 1.29 is 113 Å². The molecule has 0 aromatic carbocycles. The molecular formula is C18H26Li3N4O14P3. The van der Waals surface area contributed by atoms with Gasteiger partial charge in [0.05, 0.1) is 19.3 Å². The Labute approximate surface area is 276 Å². The van der Waals surface area contributed by atoms with E-state index in [-0.39, 0.29) is 87.4 Å². The number of hydrogen-bond acceptors (Lipinski definition) is 14. The minimum Gasteiger partial charge on any atom is -0.756 e. The van der Waals surface area contributed by atoms with Gasteiger partial charge in [0.1, 0.15) is 11.8 Å². The van der Waals surface area contributed by atoms with Crippen molar-refractivity contribution >= 4 is 29.4 Å². The molecule has 1 aromatic heterocycles. The van der Waals surface area contributed by atoms with Gasteiger partial charge in [-0.05, 0) is 32.2 Å². The Morgan fingerprint density at radius 2 is 1.79 bits per heavy atom. The van der Waals surface area contributed by atoms with E-state index in [9.17, 15) is 42.8 Å². The number of unbranched alkanes of at least 4 members (excludes halogenated alkanes) is 2. The van der Waals surface area contributed by atoms with Crippen LogP contribution in [0.25, 0.3) is 0 Å². The third-order valence-corrected chi connectivity index (χ3v) is 8.58. The largest absolute Gasteiger partial charge is 1.00 e. The van der Waals surface area contributed by atoms with Gasteiger partial charge in [0.15, 0.2) is 0 Å². The standard InChI is InChI=1S/C18H29N4O14P3.3Li/c19-9-3-1-2-6-15(23)20-10-4-5-13-11-22(18(25)21-17(13)24)16-8-7-14(34-16)12-33-38(29,30)36-39(31,32)35-37(26,27)28;;;/h11,14,16H,1-3,6-10,12,19H2,(H,20,23)(H,29,30)(H,31,32)(H,21,24,25)(H2,26,27,28);;;/q;3*+1/p-3/t14-,16+;;;/m0.../s1. The van der Waals surface area contributed by atoms with E-state index < -0.39 is 53.7 Å². The maximum Gasteiger partial charge on any atom is 1.00 e.